The van der Waals surface area contributed by atoms with Crippen LogP contribution in [0.25, 0.3) is 0 Å². The van der Waals surface area contributed by atoms with E-state index >= 15 is 0 Å². The molecule has 7 heteroatoms. The van der Waals surface area contributed by atoms with Crippen LogP contribution in [-0.2, 0) is 23.8 Å². The summed E-state index contributed by atoms with van der Waals surface area (Å²) in [7, 11) is 0. The molecule has 1 aliphatic heterocycles. The van der Waals surface area contributed by atoms with E-state index < -0.39 is 31.0 Å². The Bertz CT molecular complexity index is 835. The van der Waals surface area contributed by atoms with Gasteiger partial charge in [0.15, 0.2) is 12.2 Å². The Morgan fingerprint density at radius 2 is 0.782 bits per heavy atom. The second-order valence-electron chi connectivity index (χ2n) is 17.1. The molecule has 4 atom stereocenters. The molecule has 1 saturated heterocycles. The number of esters is 2. The second kappa shape index (κ2) is 39.6. The van der Waals surface area contributed by atoms with Gasteiger partial charge in [0, 0.05) is 12.8 Å². The fourth-order valence-electron chi connectivity index (χ4n) is 8.07. The van der Waals surface area contributed by atoms with Gasteiger partial charge in [-0.25, -0.2) is 0 Å². The van der Waals surface area contributed by atoms with E-state index in [4.69, 9.17) is 14.2 Å². The molecular weight excluding hydrogens is 689 g/mol. The van der Waals surface area contributed by atoms with E-state index in [2.05, 4.69) is 13.8 Å². The first kappa shape index (κ1) is 51.8. The van der Waals surface area contributed by atoms with E-state index in [1.54, 1.807) is 0 Å². The third-order valence-electron chi connectivity index (χ3n) is 11.7. The van der Waals surface area contributed by atoms with Crippen molar-refractivity contribution in [1.82, 2.24) is 0 Å². The van der Waals surface area contributed by atoms with E-state index in [1.165, 1.54) is 193 Å². The molecule has 0 aromatic carbocycles. The highest BCUT2D eigenvalue weighted by Gasteiger charge is 2.45. The van der Waals surface area contributed by atoms with Crippen molar-refractivity contribution in [3.05, 3.63) is 0 Å². The normalized spacial score (nSPS) is 17.5. The van der Waals surface area contributed by atoms with E-state index in [1.807, 2.05) is 0 Å². The molecule has 1 aliphatic rings. The molecule has 2 N–H and O–H groups in total. The highest BCUT2D eigenvalue weighted by Crippen LogP contribution is 2.25. The molecule has 0 spiro atoms. The molecule has 326 valence electrons. The van der Waals surface area contributed by atoms with Gasteiger partial charge in [-0.15, -0.1) is 0 Å². The van der Waals surface area contributed by atoms with Crippen molar-refractivity contribution in [2.75, 3.05) is 13.2 Å². The van der Waals surface area contributed by atoms with E-state index in [0.29, 0.717) is 0 Å². The van der Waals surface area contributed by atoms with Gasteiger partial charge in [0.2, 0.25) is 0 Å². The average molecular weight is 781 g/mol. The zero-order chi connectivity index (χ0) is 39.9. The number of aliphatic hydroxyl groups excluding tert-OH is 2. The van der Waals surface area contributed by atoms with Gasteiger partial charge < -0.3 is 24.4 Å². The molecular formula is C48H92O7. The fraction of sp³-hybridized carbons (Fsp3) is 0.958. The van der Waals surface area contributed by atoms with Crippen molar-refractivity contribution in [1.29, 1.82) is 0 Å². The Morgan fingerprint density at radius 1 is 0.491 bits per heavy atom. The minimum absolute atomic E-state index is 0.0187. The Morgan fingerprint density at radius 3 is 1.09 bits per heavy atom. The van der Waals surface area contributed by atoms with Crippen LogP contribution in [0, 0.1) is 0 Å². The number of hydrogen-bond donors (Lipinski definition) is 2. The number of unbranched alkanes of at least 4 members (excludes halogenated alkanes) is 34. The molecule has 0 aliphatic carbocycles. The number of ether oxygens (including phenoxy) is 3. The quantitative estimate of drug-likeness (QED) is 0.0470. The third-order valence-corrected chi connectivity index (χ3v) is 11.7. The third kappa shape index (κ3) is 31.5. The van der Waals surface area contributed by atoms with Gasteiger partial charge in [0.25, 0.3) is 0 Å². The number of aliphatic hydroxyl groups is 2. The highest BCUT2D eigenvalue weighted by molar-refractivity contribution is 5.70. The molecule has 0 radical (unpaired) electrons. The maximum atomic E-state index is 12.6. The van der Waals surface area contributed by atoms with Gasteiger partial charge in [-0.3, -0.25) is 9.59 Å². The smallest absolute Gasteiger partial charge is 0.306 e. The van der Waals surface area contributed by atoms with Crippen molar-refractivity contribution < 1.29 is 34.0 Å². The molecule has 1 heterocycles. The van der Waals surface area contributed by atoms with Crippen LogP contribution in [-0.4, -0.2) is 59.8 Å². The standard InChI is InChI=1S/C48H92O7/c1-3-5-7-9-11-13-15-17-19-21-23-25-27-29-31-33-35-37-39-45(51)54-44(41-49)48-47(43(50)42-53-48)55-46(52)40-38-36-34-32-30-28-26-24-22-20-18-16-14-12-10-8-6-4-2/h43-44,47-50H,3-42H2,1-2H3/t43-,44+,47+,48+/m0/s1. The molecule has 55 heavy (non-hydrogen) atoms. The van der Waals surface area contributed by atoms with Gasteiger partial charge in [0.05, 0.1) is 13.2 Å². The zero-order valence-corrected chi connectivity index (χ0v) is 36.5. The minimum Gasteiger partial charge on any atom is -0.457 e. The summed E-state index contributed by atoms with van der Waals surface area (Å²) >= 11 is 0. The van der Waals surface area contributed by atoms with Gasteiger partial charge in [-0.1, -0.05) is 232 Å². The molecule has 1 rings (SSSR count). The van der Waals surface area contributed by atoms with Crippen LogP contribution in [0.5, 0.6) is 0 Å². The summed E-state index contributed by atoms with van der Waals surface area (Å²) in [4.78, 5) is 25.2. The number of carbonyl (C=O) groups is 2. The first-order chi connectivity index (χ1) is 27.0. The molecule has 7 nitrogen and oxygen atoms in total. The lowest BCUT2D eigenvalue weighted by Crippen LogP contribution is -2.45. The van der Waals surface area contributed by atoms with Crippen LogP contribution in [0.15, 0.2) is 0 Å². The molecule has 0 aromatic heterocycles. The van der Waals surface area contributed by atoms with E-state index in [9.17, 15) is 19.8 Å². The SMILES string of the molecule is CCCCCCCCCCCCCCCCCCCCC(=O)O[C@H]1[C@@H]([C@@H](CO)OC(=O)CCCCCCCCCCCCCCCCCCCC)OC[C@@H]1O. The molecule has 0 saturated carbocycles. The summed E-state index contributed by atoms with van der Waals surface area (Å²) in [6.45, 7) is 4.09. The summed E-state index contributed by atoms with van der Waals surface area (Å²) in [5.41, 5.74) is 0. The van der Waals surface area contributed by atoms with Crippen molar-refractivity contribution in [3.63, 3.8) is 0 Å². The first-order valence-corrected chi connectivity index (χ1v) is 24.3. The number of hydrogen-bond acceptors (Lipinski definition) is 7. The molecule has 0 aromatic rings. The van der Waals surface area contributed by atoms with Crippen molar-refractivity contribution in [2.45, 2.75) is 282 Å². The van der Waals surface area contributed by atoms with Crippen molar-refractivity contribution >= 4 is 11.9 Å². The lowest BCUT2D eigenvalue weighted by atomic mass is 10.0. The molecule has 0 unspecified atom stereocenters. The summed E-state index contributed by atoms with van der Waals surface area (Å²) in [6, 6.07) is 0. The van der Waals surface area contributed by atoms with Gasteiger partial charge in [0.1, 0.15) is 12.2 Å². The zero-order valence-electron chi connectivity index (χ0n) is 36.5. The van der Waals surface area contributed by atoms with Gasteiger partial charge in [-0.2, -0.15) is 0 Å². The summed E-state index contributed by atoms with van der Waals surface area (Å²) < 4.78 is 16.8. The summed E-state index contributed by atoms with van der Waals surface area (Å²) in [6.07, 6.45) is 43.3. The van der Waals surface area contributed by atoms with E-state index in [0.717, 1.165) is 38.5 Å². The maximum absolute atomic E-state index is 12.6. The minimum atomic E-state index is -1.00. The molecule has 0 amide bonds. The number of carbonyl (C=O) groups excluding carboxylic acids is 2. The van der Waals surface area contributed by atoms with Crippen LogP contribution in [0.4, 0.5) is 0 Å². The maximum Gasteiger partial charge on any atom is 0.306 e. The Hall–Kier alpha value is -1.18. The van der Waals surface area contributed by atoms with E-state index in [-0.39, 0.29) is 31.4 Å². The van der Waals surface area contributed by atoms with Crippen molar-refractivity contribution in [3.8, 4) is 0 Å². The lowest BCUT2D eigenvalue weighted by Gasteiger charge is -2.27. The summed E-state index contributed by atoms with van der Waals surface area (Å²) in [5.74, 6) is -0.762. The average Bonchev–Trinajstić information content (AvgIpc) is 3.54. The predicted octanol–water partition coefficient (Wildman–Crippen LogP) is 13.4. The first-order valence-electron chi connectivity index (χ1n) is 24.3. The van der Waals surface area contributed by atoms with Crippen LogP contribution < -0.4 is 0 Å². The van der Waals surface area contributed by atoms with Gasteiger partial charge >= 0.3 is 11.9 Å². The van der Waals surface area contributed by atoms with Gasteiger partial charge in [-0.05, 0) is 12.8 Å². The Labute approximate surface area is 340 Å². The van der Waals surface area contributed by atoms with Crippen LogP contribution >= 0.6 is 0 Å². The van der Waals surface area contributed by atoms with Crippen LogP contribution in [0.3, 0.4) is 0 Å². The number of rotatable bonds is 42. The Balaban J connectivity index is 2.02. The lowest BCUT2D eigenvalue weighted by molar-refractivity contribution is -0.171. The summed E-state index contributed by atoms with van der Waals surface area (Å²) in [5, 5.41) is 20.5. The second-order valence-corrected chi connectivity index (χ2v) is 17.1. The fourth-order valence-corrected chi connectivity index (χ4v) is 8.07. The predicted molar refractivity (Wildman–Crippen MR) is 229 cm³/mol. The Kier molecular flexibility index (Phi) is 37.4. The topological polar surface area (TPSA) is 102 Å². The monoisotopic (exact) mass is 781 g/mol. The molecule has 1 fully saturated rings. The van der Waals surface area contributed by atoms with Crippen LogP contribution in [0.1, 0.15) is 258 Å². The highest BCUT2D eigenvalue weighted by atomic mass is 16.6. The van der Waals surface area contributed by atoms with Crippen molar-refractivity contribution in [2.24, 2.45) is 0 Å². The molecule has 0 bridgehead atoms. The largest absolute Gasteiger partial charge is 0.457 e. The van der Waals surface area contributed by atoms with Crippen LogP contribution in [0.2, 0.25) is 0 Å².